The normalized spacial score (nSPS) is 11.2. The van der Waals surface area contributed by atoms with E-state index in [-0.39, 0.29) is 0 Å². The Morgan fingerprint density at radius 3 is 1.03 bits per heavy atom. The number of rotatable bonds is 4. The van der Waals surface area contributed by atoms with E-state index in [4.69, 9.17) is 10.5 Å². The predicted octanol–water partition coefficient (Wildman–Crippen LogP) is 8.08. The van der Waals surface area contributed by atoms with Crippen LogP contribution in [0.25, 0.3) is 45.8 Å². The second kappa shape index (κ2) is 9.29. The predicted molar refractivity (Wildman–Crippen MR) is 142 cm³/mol. The SMILES string of the molecule is N#Cc1ccc(/C=C/c2c3ccccc3c(/C=C/c3ccc(C#N)cc3)c3ccccc23)cc1. The van der Waals surface area contributed by atoms with Crippen molar-refractivity contribution >= 4 is 45.8 Å². The van der Waals surface area contributed by atoms with Crippen LogP contribution in [0.1, 0.15) is 33.4 Å². The maximum atomic E-state index is 9.05. The summed E-state index contributed by atoms with van der Waals surface area (Å²) in [5.41, 5.74) is 5.77. The maximum Gasteiger partial charge on any atom is 0.0991 e. The third-order valence-electron chi connectivity index (χ3n) is 5.98. The molecule has 0 heterocycles. The Morgan fingerprint density at radius 1 is 0.412 bits per heavy atom. The summed E-state index contributed by atoms with van der Waals surface area (Å²) < 4.78 is 0. The molecule has 0 unspecified atom stereocenters. The van der Waals surface area contributed by atoms with Gasteiger partial charge >= 0.3 is 0 Å². The van der Waals surface area contributed by atoms with E-state index in [9.17, 15) is 0 Å². The molecule has 0 aromatic heterocycles. The van der Waals surface area contributed by atoms with Crippen molar-refractivity contribution in [2.45, 2.75) is 0 Å². The highest BCUT2D eigenvalue weighted by Crippen LogP contribution is 2.35. The van der Waals surface area contributed by atoms with Gasteiger partial charge in [0.25, 0.3) is 0 Å². The van der Waals surface area contributed by atoms with Gasteiger partial charge in [-0.25, -0.2) is 0 Å². The van der Waals surface area contributed by atoms with Crippen LogP contribution in [0.3, 0.4) is 0 Å². The Kier molecular flexibility index (Phi) is 5.73. The Balaban J connectivity index is 1.66. The van der Waals surface area contributed by atoms with Gasteiger partial charge in [-0.05, 0) is 68.1 Å². The standard InChI is InChI=1S/C32H20N2/c33-21-25-13-9-23(10-14-25)17-19-31-27-5-1-2-6-28(27)32(30-8-4-3-7-29(30)31)20-18-24-11-15-26(22-34)16-12-24/h1-20H/b19-17+,20-18+. The van der Waals surface area contributed by atoms with E-state index < -0.39 is 0 Å². The van der Waals surface area contributed by atoms with Crippen molar-refractivity contribution in [2.24, 2.45) is 0 Å². The molecule has 158 valence electrons. The average molecular weight is 433 g/mol. The molecule has 2 heteroatoms. The van der Waals surface area contributed by atoms with E-state index in [2.05, 4.69) is 85.0 Å². The van der Waals surface area contributed by atoms with Gasteiger partial charge in [0.05, 0.1) is 23.3 Å². The first kappa shape index (κ1) is 21.0. The first-order valence-electron chi connectivity index (χ1n) is 11.1. The summed E-state index contributed by atoms with van der Waals surface area (Å²) in [6.45, 7) is 0. The molecule has 5 rings (SSSR count). The van der Waals surface area contributed by atoms with Crippen molar-refractivity contribution < 1.29 is 0 Å². The Hall–Kier alpha value is -4.92. The molecule has 0 N–H and O–H groups in total. The summed E-state index contributed by atoms with van der Waals surface area (Å²) in [6, 6.07) is 36.5. The molecular formula is C32H20N2. The number of benzene rings is 5. The van der Waals surface area contributed by atoms with Gasteiger partial charge in [-0.3, -0.25) is 0 Å². The van der Waals surface area contributed by atoms with Gasteiger partial charge in [-0.1, -0.05) is 97.1 Å². The van der Waals surface area contributed by atoms with Crippen molar-refractivity contribution in [1.82, 2.24) is 0 Å². The molecule has 5 aromatic carbocycles. The molecule has 0 spiro atoms. The van der Waals surface area contributed by atoms with E-state index in [0.717, 1.165) is 11.1 Å². The fourth-order valence-electron chi connectivity index (χ4n) is 4.25. The molecule has 0 radical (unpaired) electrons. The van der Waals surface area contributed by atoms with Gasteiger partial charge in [0, 0.05) is 0 Å². The smallest absolute Gasteiger partial charge is 0.0991 e. The average Bonchev–Trinajstić information content (AvgIpc) is 2.91. The first-order chi connectivity index (χ1) is 16.8. The third-order valence-corrected chi connectivity index (χ3v) is 5.98. The molecule has 0 saturated heterocycles. The monoisotopic (exact) mass is 432 g/mol. The largest absolute Gasteiger partial charge is 0.192 e. The molecule has 0 fully saturated rings. The van der Waals surface area contributed by atoms with Crippen molar-refractivity contribution in [1.29, 1.82) is 10.5 Å². The second-order valence-electron chi connectivity index (χ2n) is 8.05. The summed E-state index contributed by atoms with van der Waals surface area (Å²) in [5.74, 6) is 0. The molecular weight excluding hydrogens is 412 g/mol. The zero-order valence-corrected chi connectivity index (χ0v) is 18.4. The van der Waals surface area contributed by atoms with Crippen molar-refractivity contribution in [3.63, 3.8) is 0 Å². The van der Waals surface area contributed by atoms with Gasteiger partial charge < -0.3 is 0 Å². The van der Waals surface area contributed by atoms with E-state index in [0.29, 0.717) is 11.1 Å². The molecule has 0 saturated carbocycles. The van der Waals surface area contributed by atoms with E-state index in [1.54, 1.807) is 0 Å². The number of hydrogen-bond acceptors (Lipinski definition) is 2. The van der Waals surface area contributed by atoms with Gasteiger partial charge in [0.1, 0.15) is 0 Å². The second-order valence-corrected chi connectivity index (χ2v) is 8.05. The summed E-state index contributed by atoms with van der Waals surface area (Å²) in [5, 5.41) is 22.8. The van der Waals surface area contributed by atoms with Crippen molar-refractivity contribution in [3.8, 4) is 12.1 Å². The Morgan fingerprint density at radius 2 is 0.735 bits per heavy atom. The summed E-state index contributed by atoms with van der Waals surface area (Å²) in [4.78, 5) is 0. The van der Waals surface area contributed by atoms with Gasteiger partial charge in [-0.15, -0.1) is 0 Å². The zero-order chi connectivity index (χ0) is 23.3. The molecule has 2 nitrogen and oxygen atoms in total. The number of nitrogens with zero attached hydrogens (tertiary/aromatic N) is 2. The minimum atomic E-state index is 0.659. The number of nitriles is 2. The van der Waals surface area contributed by atoms with Crippen LogP contribution in [0, 0.1) is 22.7 Å². The first-order valence-corrected chi connectivity index (χ1v) is 11.1. The Bertz CT molecular complexity index is 1460. The maximum absolute atomic E-state index is 9.05. The van der Waals surface area contributed by atoms with Gasteiger partial charge in [0.2, 0.25) is 0 Å². The van der Waals surface area contributed by atoms with Crippen LogP contribution in [0.5, 0.6) is 0 Å². The zero-order valence-electron chi connectivity index (χ0n) is 18.4. The lowest BCUT2D eigenvalue weighted by Gasteiger charge is -2.13. The van der Waals surface area contributed by atoms with Crippen LogP contribution in [0.2, 0.25) is 0 Å². The summed E-state index contributed by atoms with van der Waals surface area (Å²) in [6.07, 6.45) is 8.53. The topological polar surface area (TPSA) is 47.6 Å². The molecule has 0 atom stereocenters. The van der Waals surface area contributed by atoms with Crippen LogP contribution < -0.4 is 0 Å². The van der Waals surface area contributed by atoms with Gasteiger partial charge in [0.15, 0.2) is 0 Å². The minimum Gasteiger partial charge on any atom is -0.192 e. The van der Waals surface area contributed by atoms with Crippen LogP contribution in [0.15, 0.2) is 97.1 Å². The molecule has 34 heavy (non-hydrogen) atoms. The highest BCUT2D eigenvalue weighted by atomic mass is 14.2. The van der Waals surface area contributed by atoms with E-state index >= 15 is 0 Å². The van der Waals surface area contributed by atoms with Crippen molar-refractivity contribution in [2.75, 3.05) is 0 Å². The van der Waals surface area contributed by atoms with E-state index in [1.165, 1.54) is 32.7 Å². The molecule has 0 aliphatic rings. The lowest BCUT2D eigenvalue weighted by atomic mass is 9.90. The summed E-state index contributed by atoms with van der Waals surface area (Å²) in [7, 11) is 0. The fraction of sp³-hybridized carbons (Fsp3) is 0. The third kappa shape index (κ3) is 4.09. The van der Waals surface area contributed by atoms with Crippen LogP contribution in [0.4, 0.5) is 0 Å². The fourth-order valence-corrected chi connectivity index (χ4v) is 4.25. The molecule has 0 amide bonds. The molecule has 0 bridgehead atoms. The number of hydrogen-bond donors (Lipinski definition) is 0. The molecule has 5 aromatic rings. The molecule has 0 aliphatic heterocycles. The van der Waals surface area contributed by atoms with Crippen molar-refractivity contribution in [3.05, 3.63) is 130 Å². The lowest BCUT2D eigenvalue weighted by molar-refractivity contribution is 1.48. The Labute approximate surface area is 199 Å². The van der Waals surface area contributed by atoms with Crippen LogP contribution in [-0.4, -0.2) is 0 Å². The minimum absolute atomic E-state index is 0.659. The van der Waals surface area contributed by atoms with Crippen LogP contribution in [-0.2, 0) is 0 Å². The van der Waals surface area contributed by atoms with E-state index in [1.807, 2.05) is 48.5 Å². The summed E-state index contributed by atoms with van der Waals surface area (Å²) >= 11 is 0. The number of fused-ring (bicyclic) bond motifs is 2. The van der Waals surface area contributed by atoms with Gasteiger partial charge in [-0.2, -0.15) is 10.5 Å². The lowest BCUT2D eigenvalue weighted by Crippen LogP contribution is -1.88. The quantitative estimate of drug-likeness (QED) is 0.213. The highest BCUT2D eigenvalue weighted by Gasteiger charge is 2.10. The van der Waals surface area contributed by atoms with Crippen LogP contribution >= 0.6 is 0 Å². The highest BCUT2D eigenvalue weighted by molar-refractivity contribution is 6.14. The molecule has 0 aliphatic carbocycles.